The van der Waals surface area contributed by atoms with E-state index in [1.165, 1.54) is 18.9 Å². The molecule has 1 aliphatic heterocycles. The molecule has 6 nitrogen and oxygen atoms in total. The number of nitrogens with zero attached hydrogens (tertiary/aromatic N) is 2. The summed E-state index contributed by atoms with van der Waals surface area (Å²) >= 11 is 1.50. The third kappa shape index (κ3) is 4.10. The van der Waals surface area contributed by atoms with E-state index in [4.69, 9.17) is 14.5 Å². The fraction of sp³-hybridized carbons (Fsp3) is 0.273. The van der Waals surface area contributed by atoms with E-state index in [9.17, 15) is 9.90 Å². The maximum Gasteiger partial charge on any atom is 0.338 e. The van der Waals surface area contributed by atoms with E-state index in [1.807, 2.05) is 48.4 Å². The number of esters is 1. The molecule has 0 saturated heterocycles. The number of thioether (sulfide) groups is 1. The van der Waals surface area contributed by atoms with Gasteiger partial charge in [0.1, 0.15) is 6.04 Å². The van der Waals surface area contributed by atoms with Crippen molar-refractivity contribution in [3.63, 3.8) is 0 Å². The minimum Gasteiger partial charge on any atom is -0.504 e. The van der Waals surface area contributed by atoms with Gasteiger partial charge in [0.15, 0.2) is 16.7 Å². The Labute approximate surface area is 174 Å². The number of carbonyl (C=O) groups is 1. The number of methoxy groups -OCH3 is 1. The molecule has 29 heavy (non-hydrogen) atoms. The summed E-state index contributed by atoms with van der Waals surface area (Å²) in [7, 11) is 1.49. The number of aliphatic imine (C=N–C) groups is 1. The van der Waals surface area contributed by atoms with E-state index in [2.05, 4.69) is 0 Å². The molecule has 0 aromatic heterocycles. The second-order valence-electron chi connectivity index (χ2n) is 6.34. The van der Waals surface area contributed by atoms with Crippen molar-refractivity contribution < 1.29 is 19.4 Å². The van der Waals surface area contributed by atoms with Crippen LogP contribution in [0.25, 0.3) is 0 Å². The van der Waals surface area contributed by atoms with Gasteiger partial charge in [0.2, 0.25) is 0 Å². The standard InChI is InChI=1S/C22H24N2O4S/c1-5-28-21(26)19-14(2)24(16-9-7-6-8-10-16)22(29-4)23-20(19)15-11-12-17(25)18(13-15)27-3/h6-13,20,25H,5H2,1-4H3/t20-/m1/s1. The molecule has 0 aliphatic carbocycles. The van der Waals surface area contributed by atoms with Gasteiger partial charge in [0.05, 0.1) is 19.3 Å². The SMILES string of the molecule is CCOC(=O)C1=C(C)N(c2ccccc2)C(SC)=N[C@@H]1c1ccc(O)c(OC)c1. The van der Waals surface area contributed by atoms with Crippen LogP contribution in [-0.2, 0) is 9.53 Å². The van der Waals surface area contributed by atoms with Crippen molar-refractivity contribution in [1.82, 2.24) is 0 Å². The van der Waals surface area contributed by atoms with Gasteiger partial charge in [-0.1, -0.05) is 36.0 Å². The summed E-state index contributed by atoms with van der Waals surface area (Å²) in [6.45, 7) is 3.95. The van der Waals surface area contributed by atoms with Crippen LogP contribution in [0.15, 0.2) is 64.8 Å². The largest absolute Gasteiger partial charge is 0.504 e. The summed E-state index contributed by atoms with van der Waals surface area (Å²) in [5, 5.41) is 10.7. The van der Waals surface area contributed by atoms with Gasteiger partial charge in [-0.2, -0.15) is 0 Å². The second-order valence-corrected chi connectivity index (χ2v) is 7.11. The zero-order valence-corrected chi connectivity index (χ0v) is 17.7. The summed E-state index contributed by atoms with van der Waals surface area (Å²) in [6, 6.07) is 14.2. The van der Waals surface area contributed by atoms with Gasteiger partial charge in [-0.15, -0.1) is 0 Å². The highest BCUT2D eigenvalue weighted by Gasteiger charge is 2.35. The van der Waals surface area contributed by atoms with Crippen molar-refractivity contribution in [3.8, 4) is 11.5 Å². The number of rotatable bonds is 5. The highest BCUT2D eigenvalue weighted by atomic mass is 32.2. The summed E-state index contributed by atoms with van der Waals surface area (Å²) in [5.74, 6) is -0.0490. The fourth-order valence-electron chi connectivity index (χ4n) is 3.29. The van der Waals surface area contributed by atoms with E-state index in [0.717, 1.165) is 22.1 Å². The first kappa shape index (κ1) is 20.8. The Kier molecular flexibility index (Phi) is 6.49. The molecule has 1 N–H and O–H groups in total. The number of phenols is 1. The lowest BCUT2D eigenvalue weighted by Crippen LogP contribution is -2.35. The molecule has 0 saturated carbocycles. The monoisotopic (exact) mass is 412 g/mol. The average molecular weight is 413 g/mol. The number of phenolic OH excluding ortho intramolecular Hbond substituents is 1. The molecular formula is C22H24N2O4S. The number of ether oxygens (including phenoxy) is 2. The molecule has 2 aromatic rings. The van der Waals surface area contributed by atoms with Gasteiger partial charge in [-0.3, -0.25) is 4.90 Å². The van der Waals surface area contributed by atoms with Crippen LogP contribution in [0.5, 0.6) is 11.5 Å². The maximum absolute atomic E-state index is 12.9. The maximum atomic E-state index is 12.9. The predicted molar refractivity (Wildman–Crippen MR) is 117 cm³/mol. The molecule has 152 valence electrons. The molecule has 2 aromatic carbocycles. The first-order chi connectivity index (χ1) is 14.0. The van der Waals surface area contributed by atoms with Crippen molar-refractivity contribution in [2.24, 2.45) is 4.99 Å². The zero-order valence-electron chi connectivity index (χ0n) is 16.9. The minimum atomic E-state index is -0.564. The third-order valence-corrected chi connectivity index (χ3v) is 5.29. The molecule has 1 heterocycles. The van der Waals surface area contributed by atoms with Crippen LogP contribution in [0.2, 0.25) is 0 Å². The normalized spacial score (nSPS) is 16.5. The molecule has 1 aliphatic rings. The van der Waals surface area contributed by atoms with Crippen molar-refractivity contribution in [2.45, 2.75) is 19.9 Å². The topological polar surface area (TPSA) is 71.4 Å². The van der Waals surface area contributed by atoms with E-state index in [0.29, 0.717) is 11.3 Å². The van der Waals surface area contributed by atoms with Gasteiger partial charge < -0.3 is 14.6 Å². The zero-order chi connectivity index (χ0) is 21.0. The highest BCUT2D eigenvalue weighted by Crippen LogP contribution is 2.40. The van der Waals surface area contributed by atoms with Gasteiger partial charge in [0.25, 0.3) is 0 Å². The molecule has 0 spiro atoms. The Morgan fingerprint density at radius 3 is 2.59 bits per heavy atom. The van der Waals surface area contributed by atoms with E-state index < -0.39 is 12.0 Å². The molecule has 0 bridgehead atoms. The minimum absolute atomic E-state index is 0.0328. The van der Waals surface area contributed by atoms with E-state index >= 15 is 0 Å². The van der Waals surface area contributed by atoms with Crippen LogP contribution in [0.1, 0.15) is 25.5 Å². The number of benzene rings is 2. The molecule has 0 unspecified atom stereocenters. The Bertz CT molecular complexity index is 957. The number of hydrogen-bond acceptors (Lipinski definition) is 7. The Balaban J connectivity index is 2.18. The average Bonchev–Trinajstić information content (AvgIpc) is 2.74. The number of carbonyl (C=O) groups excluding carboxylic acids is 1. The molecule has 0 fully saturated rings. The fourth-order valence-corrected chi connectivity index (χ4v) is 3.93. The number of para-hydroxylation sites is 1. The number of hydrogen-bond donors (Lipinski definition) is 1. The summed E-state index contributed by atoms with van der Waals surface area (Å²) in [6.07, 6.45) is 1.95. The number of amidine groups is 1. The molecular weight excluding hydrogens is 388 g/mol. The molecule has 7 heteroatoms. The van der Waals surface area contributed by atoms with Gasteiger partial charge in [0, 0.05) is 11.4 Å². The Morgan fingerprint density at radius 1 is 1.24 bits per heavy atom. The third-order valence-electron chi connectivity index (χ3n) is 4.64. The van der Waals surface area contributed by atoms with Gasteiger partial charge in [-0.25, -0.2) is 9.79 Å². The smallest absolute Gasteiger partial charge is 0.338 e. The van der Waals surface area contributed by atoms with Crippen LogP contribution in [-0.4, -0.2) is 36.2 Å². The summed E-state index contributed by atoms with van der Waals surface area (Å²) < 4.78 is 10.6. The second kappa shape index (κ2) is 9.05. The van der Waals surface area contributed by atoms with Crippen LogP contribution < -0.4 is 9.64 Å². The summed E-state index contributed by atoms with van der Waals surface area (Å²) in [4.78, 5) is 19.8. The van der Waals surface area contributed by atoms with E-state index in [1.54, 1.807) is 25.1 Å². The van der Waals surface area contributed by atoms with Crippen molar-refractivity contribution in [3.05, 3.63) is 65.4 Å². The van der Waals surface area contributed by atoms with Crippen LogP contribution in [0.4, 0.5) is 5.69 Å². The molecule has 1 atom stereocenters. The van der Waals surface area contributed by atoms with E-state index in [-0.39, 0.29) is 12.4 Å². The van der Waals surface area contributed by atoms with Gasteiger partial charge >= 0.3 is 5.97 Å². The van der Waals surface area contributed by atoms with Crippen molar-refractivity contribution in [1.29, 1.82) is 0 Å². The summed E-state index contributed by atoms with van der Waals surface area (Å²) in [5.41, 5.74) is 2.87. The first-order valence-electron chi connectivity index (χ1n) is 9.23. The van der Waals surface area contributed by atoms with Crippen LogP contribution in [0.3, 0.4) is 0 Å². The first-order valence-corrected chi connectivity index (χ1v) is 10.5. The predicted octanol–water partition coefficient (Wildman–Crippen LogP) is 4.52. The quantitative estimate of drug-likeness (QED) is 0.728. The number of anilines is 1. The lowest BCUT2D eigenvalue weighted by molar-refractivity contribution is -0.138. The van der Waals surface area contributed by atoms with Crippen LogP contribution in [0, 0.1) is 0 Å². The lowest BCUT2D eigenvalue weighted by Gasteiger charge is -2.34. The molecule has 0 amide bonds. The number of allylic oxidation sites excluding steroid dienone is 1. The van der Waals surface area contributed by atoms with Crippen molar-refractivity contribution in [2.75, 3.05) is 24.9 Å². The number of aromatic hydroxyl groups is 1. The Hall–Kier alpha value is -2.93. The lowest BCUT2D eigenvalue weighted by atomic mass is 9.95. The van der Waals surface area contributed by atoms with Crippen molar-refractivity contribution >= 4 is 28.6 Å². The highest BCUT2D eigenvalue weighted by molar-refractivity contribution is 8.13. The molecule has 3 rings (SSSR count). The van der Waals surface area contributed by atoms with Gasteiger partial charge in [-0.05, 0) is 49.9 Å². The van der Waals surface area contributed by atoms with Crippen LogP contribution >= 0.6 is 11.8 Å². The Morgan fingerprint density at radius 2 is 1.97 bits per heavy atom. The molecule has 0 radical (unpaired) electrons.